The van der Waals surface area contributed by atoms with E-state index in [1.807, 2.05) is 19.1 Å². The van der Waals surface area contributed by atoms with Crippen LogP contribution in [0.4, 0.5) is 5.69 Å². The first-order valence-corrected chi connectivity index (χ1v) is 13.7. The van der Waals surface area contributed by atoms with Gasteiger partial charge in [-0.2, -0.15) is 5.26 Å². The van der Waals surface area contributed by atoms with Gasteiger partial charge in [-0.1, -0.05) is 31.7 Å². The number of Topliss-reactive ketones (excluding diaryl/α,β-unsaturated/α-hetero) is 1. The molecular weight excluding hydrogens is 514 g/mol. The molecule has 1 atom stereocenters. The normalized spacial score (nSPS) is 18.1. The second kappa shape index (κ2) is 11.9. The SMILES string of the molecule is CCOc1ccc(NC(=O)CSC2=C(C#N)[C@H](c3ccc(OC)c(OC)c3)C3=C(CC(C)(C)CC3=O)N2)cc1. The molecule has 9 heteroatoms. The number of nitriles is 1. The van der Waals surface area contributed by atoms with Gasteiger partial charge in [0.1, 0.15) is 5.75 Å². The number of ketones is 1. The number of carbonyl (C=O) groups is 2. The molecule has 1 aliphatic carbocycles. The molecule has 0 radical (unpaired) electrons. The Balaban J connectivity index is 1.64. The Labute approximate surface area is 233 Å². The van der Waals surface area contributed by atoms with E-state index in [2.05, 4.69) is 30.6 Å². The van der Waals surface area contributed by atoms with Crippen molar-refractivity contribution >= 4 is 29.1 Å². The first-order valence-electron chi connectivity index (χ1n) is 12.7. The van der Waals surface area contributed by atoms with Crippen molar-refractivity contribution in [2.75, 3.05) is 31.9 Å². The number of thioether (sulfide) groups is 1. The fourth-order valence-corrected chi connectivity index (χ4v) is 5.85. The first kappa shape index (κ1) is 28.1. The third kappa shape index (κ3) is 6.23. The number of nitrogens with one attached hydrogen (secondary N) is 2. The molecule has 2 aromatic carbocycles. The molecule has 39 heavy (non-hydrogen) atoms. The number of benzene rings is 2. The van der Waals surface area contributed by atoms with Gasteiger partial charge in [0.25, 0.3) is 0 Å². The molecule has 2 N–H and O–H groups in total. The zero-order valence-electron chi connectivity index (χ0n) is 22.8. The van der Waals surface area contributed by atoms with Crippen molar-refractivity contribution in [3.8, 4) is 23.3 Å². The third-order valence-corrected chi connectivity index (χ3v) is 7.68. The molecule has 0 saturated heterocycles. The zero-order valence-corrected chi connectivity index (χ0v) is 23.7. The number of methoxy groups -OCH3 is 2. The van der Waals surface area contributed by atoms with E-state index in [0.717, 1.165) is 17.0 Å². The summed E-state index contributed by atoms with van der Waals surface area (Å²) in [5.74, 6) is 1.11. The Bertz CT molecular complexity index is 1370. The van der Waals surface area contributed by atoms with Gasteiger partial charge in [0, 0.05) is 23.4 Å². The van der Waals surface area contributed by atoms with Crippen LogP contribution in [0.3, 0.4) is 0 Å². The van der Waals surface area contributed by atoms with Crippen molar-refractivity contribution in [3.05, 3.63) is 69.9 Å². The summed E-state index contributed by atoms with van der Waals surface area (Å²) in [5, 5.41) is 17.1. The smallest absolute Gasteiger partial charge is 0.234 e. The monoisotopic (exact) mass is 547 g/mol. The van der Waals surface area contributed by atoms with Crippen molar-refractivity contribution in [2.24, 2.45) is 5.41 Å². The maximum atomic E-state index is 13.4. The Morgan fingerprint density at radius 3 is 2.49 bits per heavy atom. The first-order chi connectivity index (χ1) is 18.7. The number of nitrogens with zero attached hydrogens (tertiary/aromatic N) is 1. The Morgan fingerprint density at radius 1 is 1.13 bits per heavy atom. The van der Waals surface area contributed by atoms with Crippen LogP contribution in [0.15, 0.2) is 64.3 Å². The molecule has 0 saturated carbocycles. The topological polar surface area (TPSA) is 110 Å². The average molecular weight is 548 g/mol. The Hall–Kier alpha value is -3.90. The quantitative estimate of drug-likeness (QED) is 0.421. The van der Waals surface area contributed by atoms with Crippen LogP contribution in [0.5, 0.6) is 17.2 Å². The van der Waals surface area contributed by atoms with Gasteiger partial charge in [0.15, 0.2) is 17.3 Å². The van der Waals surface area contributed by atoms with Crippen LogP contribution >= 0.6 is 11.8 Å². The van der Waals surface area contributed by atoms with Crippen LogP contribution < -0.4 is 24.8 Å². The van der Waals surface area contributed by atoms with Gasteiger partial charge in [0.2, 0.25) is 5.91 Å². The number of ether oxygens (including phenoxy) is 3. The zero-order chi connectivity index (χ0) is 28.2. The molecule has 0 aromatic heterocycles. The Morgan fingerprint density at radius 2 is 1.85 bits per heavy atom. The summed E-state index contributed by atoms with van der Waals surface area (Å²) in [6, 6.07) is 14.9. The molecule has 204 valence electrons. The predicted octanol–water partition coefficient (Wildman–Crippen LogP) is 5.54. The van der Waals surface area contributed by atoms with Gasteiger partial charge < -0.3 is 24.8 Å². The molecule has 2 aromatic rings. The fraction of sp³-hybridized carbons (Fsp3) is 0.367. The molecule has 0 unspecified atom stereocenters. The summed E-state index contributed by atoms with van der Waals surface area (Å²) in [7, 11) is 3.11. The maximum absolute atomic E-state index is 13.4. The van der Waals surface area contributed by atoms with Crippen molar-refractivity contribution in [1.82, 2.24) is 5.32 Å². The van der Waals surface area contributed by atoms with Crippen LogP contribution in [0.2, 0.25) is 0 Å². The van der Waals surface area contributed by atoms with Crippen LogP contribution in [-0.2, 0) is 9.59 Å². The summed E-state index contributed by atoms with van der Waals surface area (Å²) >= 11 is 1.25. The van der Waals surface area contributed by atoms with Crippen molar-refractivity contribution in [2.45, 2.75) is 39.5 Å². The van der Waals surface area contributed by atoms with E-state index in [9.17, 15) is 14.9 Å². The highest BCUT2D eigenvalue weighted by Crippen LogP contribution is 2.48. The van der Waals surface area contributed by atoms with Crippen molar-refractivity contribution < 1.29 is 23.8 Å². The largest absolute Gasteiger partial charge is 0.494 e. The standard InChI is InChI=1S/C30H33N3O5S/c1-6-38-20-10-8-19(9-11-20)32-26(35)17-39-29-21(16-31)27(18-7-12-24(36-4)25(13-18)37-5)28-22(33-29)14-30(2,3)15-23(28)34/h7-13,27,33H,6,14-15,17H2,1-5H3,(H,32,35)/t27-/m0/s1. The van der Waals surface area contributed by atoms with Crippen LogP contribution in [-0.4, -0.2) is 38.3 Å². The summed E-state index contributed by atoms with van der Waals surface area (Å²) in [5.41, 5.74) is 2.97. The minimum Gasteiger partial charge on any atom is -0.494 e. The van der Waals surface area contributed by atoms with E-state index in [-0.39, 0.29) is 22.9 Å². The van der Waals surface area contributed by atoms with E-state index in [0.29, 0.717) is 52.8 Å². The van der Waals surface area contributed by atoms with Crippen LogP contribution in [0.1, 0.15) is 45.1 Å². The van der Waals surface area contributed by atoms with E-state index in [4.69, 9.17) is 14.2 Å². The number of allylic oxidation sites excluding steroid dienone is 3. The molecule has 1 heterocycles. The van der Waals surface area contributed by atoms with Gasteiger partial charge in [-0.3, -0.25) is 9.59 Å². The highest BCUT2D eigenvalue weighted by atomic mass is 32.2. The number of dihydropyridines is 1. The second-order valence-corrected chi connectivity index (χ2v) is 11.1. The molecule has 1 aliphatic heterocycles. The highest BCUT2D eigenvalue weighted by Gasteiger charge is 2.42. The fourth-order valence-electron chi connectivity index (χ4n) is 4.99. The average Bonchev–Trinajstić information content (AvgIpc) is 2.91. The Kier molecular flexibility index (Phi) is 8.56. The molecule has 4 rings (SSSR count). The predicted molar refractivity (Wildman–Crippen MR) is 152 cm³/mol. The van der Waals surface area contributed by atoms with Crippen molar-refractivity contribution in [1.29, 1.82) is 5.26 Å². The lowest BCUT2D eigenvalue weighted by Crippen LogP contribution is -2.37. The number of amides is 1. The molecular formula is C30H33N3O5S. The number of hydrogen-bond donors (Lipinski definition) is 2. The number of anilines is 1. The number of carbonyl (C=O) groups excluding carboxylic acids is 2. The van der Waals surface area contributed by atoms with Gasteiger partial charge in [-0.15, -0.1) is 0 Å². The van der Waals surface area contributed by atoms with Crippen molar-refractivity contribution in [3.63, 3.8) is 0 Å². The molecule has 1 amide bonds. The van der Waals surface area contributed by atoms with E-state index >= 15 is 0 Å². The summed E-state index contributed by atoms with van der Waals surface area (Å²) in [6.45, 7) is 6.59. The molecule has 2 aliphatic rings. The van der Waals surface area contributed by atoms with E-state index in [1.54, 1.807) is 44.6 Å². The number of rotatable bonds is 9. The summed E-state index contributed by atoms with van der Waals surface area (Å²) < 4.78 is 16.4. The second-order valence-electron chi connectivity index (χ2n) is 10.2. The van der Waals surface area contributed by atoms with Gasteiger partial charge >= 0.3 is 0 Å². The minimum atomic E-state index is -0.577. The van der Waals surface area contributed by atoms with Gasteiger partial charge in [-0.25, -0.2) is 0 Å². The lowest BCUT2D eigenvalue weighted by molar-refractivity contribution is -0.118. The lowest BCUT2D eigenvalue weighted by atomic mass is 9.69. The lowest BCUT2D eigenvalue weighted by Gasteiger charge is -2.39. The number of hydrogen-bond acceptors (Lipinski definition) is 8. The highest BCUT2D eigenvalue weighted by molar-refractivity contribution is 8.03. The van der Waals surface area contributed by atoms with E-state index < -0.39 is 5.92 Å². The third-order valence-electron chi connectivity index (χ3n) is 6.66. The van der Waals surface area contributed by atoms with Crippen LogP contribution in [0, 0.1) is 16.7 Å². The van der Waals surface area contributed by atoms with Gasteiger partial charge in [0.05, 0.1) is 49.2 Å². The molecule has 0 bridgehead atoms. The molecule has 8 nitrogen and oxygen atoms in total. The van der Waals surface area contributed by atoms with Crippen LogP contribution in [0.25, 0.3) is 0 Å². The maximum Gasteiger partial charge on any atom is 0.234 e. The minimum absolute atomic E-state index is 0.0126. The molecule has 0 fully saturated rings. The van der Waals surface area contributed by atoms with E-state index in [1.165, 1.54) is 11.8 Å². The summed E-state index contributed by atoms with van der Waals surface area (Å²) in [4.78, 5) is 26.3. The molecule has 0 spiro atoms. The summed E-state index contributed by atoms with van der Waals surface area (Å²) in [6.07, 6.45) is 1.04. The van der Waals surface area contributed by atoms with Gasteiger partial charge in [-0.05, 0) is 60.7 Å².